The van der Waals surface area contributed by atoms with E-state index in [9.17, 15) is 4.79 Å². The van der Waals surface area contributed by atoms with Crippen LogP contribution in [0.1, 0.15) is 31.5 Å². The summed E-state index contributed by atoms with van der Waals surface area (Å²) in [5, 5.41) is 0. The van der Waals surface area contributed by atoms with Gasteiger partial charge in [-0.2, -0.15) is 0 Å². The summed E-state index contributed by atoms with van der Waals surface area (Å²) in [7, 11) is 1.67. The molecule has 1 amide bonds. The Balaban J connectivity index is 2.08. The molecule has 0 saturated carbocycles. The molecule has 0 atom stereocenters. The molecule has 130 valence electrons. The predicted octanol–water partition coefficient (Wildman–Crippen LogP) is 3.56. The van der Waals surface area contributed by atoms with E-state index in [0.717, 1.165) is 12.2 Å². The van der Waals surface area contributed by atoms with Crippen molar-refractivity contribution >= 4 is 5.91 Å². The van der Waals surface area contributed by atoms with Crippen LogP contribution in [0, 0.1) is 5.92 Å². The first-order valence-electron chi connectivity index (χ1n) is 8.54. The molecule has 0 unspecified atom stereocenters. The number of rotatable bonds is 9. The van der Waals surface area contributed by atoms with Crippen molar-refractivity contribution in [1.29, 1.82) is 0 Å². The Morgan fingerprint density at radius 1 is 1.17 bits per heavy atom. The van der Waals surface area contributed by atoms with Crippen molar-refractivity contribution in [3.63, 3.8) is 0 Å². The van der Waals surface area contributed by atoms with E-state index in [1.54, 1.807) is 7.11 Å². The van der Waals surface area contributed by atoms with E-state index in [1.807, 2.05) is 17.0 Å². The normalized spacial score (nSPS) is 11.0. The molecular weight excluding hydrogens is 300 g/mol. The van der Waals surface area contributed by atoms with Crippen LogP contribution in [-0.2, 0) is 22.6 Å². The van der Waals surface area contributed by atoms with Crippen LogP contribution >= 0.6 is 0 Å². The van der Waals surface area contributed by atoms with Gasteiger partial charge in [0.15, 0.2) is 0 Å². The number of benzene rings is 1. The molecule has 1 aromatic carbocycles. The molecule has 0 radical (unpaired) electrons. The molecule has 0 N–H and O–H groups in total. The van der Waals surface area contributed by atoms with E-state index < -0.39 is 0 Å². The molecule has 4 nitrogen and oxygen atoms in total. The molecule has 1 aromatic heterocycles. The van der Waals surface area contributed by atoms with Crippen LogP contribution in [0.5, 0.6) is 0 Å². The van der Waals surface area contributed by atoms with Gasteiger partial charge in [-0.15, -0.1) is 0 Å². The number of aromatic nitrogens is 1. The Morgan fingerprint density at radius 3 is 2.58 bits per heavy atom. The number of ether oxygens (including phenoxy) is 1. The lowest BCUT2D eigenvalue weighted by Crippen LogP contribution is -2.34. The molecule has 2 aromatic rings. The molecule has 0 aliphatic heterocycles. The van der Waals surface area contributed by atoms with E-state index in [4.69, 9.17) is 4.74 Å². The van der Waals surface area contributed by atoms with E-state index in [1.165, 1.54) is 5.56 Å². The standard InChI is InChI=1S/C20H28N2O2/c1-17(2)14-20(23)22(12-13-24-3)16-19-10-7-11-21(19)15-18-8-5-4-6-9-18/h4-11,17H,12-16H2,1-3H3. The van der Waals surface area contributed by atoms with E-state index in [2.05, 4.69) is 54.9 Å². The molecule has 24 heavy (non-hydrogen) atoms. The Kier molecular flexibility index (Phi) is 7.07. The largest absolute Gasteiger partial charge is 0.383 e. The van der Waals surface area contributed by atoms with Crippen molar-refractivity contribution in [2.75, 3.05) is 20.3 Å². The highest BCUT2D eigenvalue weighted by atomic mass is 16.5. The summed E-state index contributed by atoms with van der Waals surface area (Å²) in [4.78, 5) is 14.4. The highest BCUT2D eigenvalue weighted by Crippen LogP contribution is 2.13. The fraction of sp³-hybridized carbons (Fsp3) is 0.450. The first kappa shape index (κ1) is 18.3. The van der Waals surface area contributed by atoms with E-state index in [0.29, 0.717) is 32.0 Å². The van der Waals surface area contributed by atoms with Gasteiger partial charge in [-0.1, -0.05) is 44.2 Å². The van der Waals surface area contributed by atoms with Crippen molar-refractivity contribution in [2.24, 2.45) is 5.92 Å². The zero-order valence-electron chi connectivity index (χ0n) is 14.9. The van der Waals surface area contributed by atoms with Gasteiger partial charge < -0.3 is 14.2 Å². The second-order valence-corrected chi connectivity index (χ2v) is 6.52. The maximum Gasteiger partial charge on any atom is 0.223 e. The van der Waals surface area contributed by atoms with Crippen molar-refractivity contribution in [1.82, 2.24) is 9.47 Å². The van der Waals surface area contributed by atoms with Gasteiger partial charge in [0, 0.05) is 38.5 Å². The topological polar surface area (TPSA) is 34.5 Å². The van der Waals surface area contributed by atoms with Crippen LogP contribution < -0.4 is 0 Å². The average molecular weight is 328 g/mol. The van der Waals surface area contributed by atoms with Gasteiger partial charge in [0.1, 0.15) is 0 Å². The molecule has 1 heterocycles. The van der Waals surface area contributed by atoms with Gasteiger partial charge in [-0.05, 0) is 23.6 Å². The summed E-state index contributed by atoms with van der Waals surface area (Å²) in [6.07, 6.45) is 2.65. The number of amides is 1. The third-order valence-electron chi connectivity index (χ3n) is 3.97. The molecule has 0 aliphatic rings. The fourth-order valence-corrected chi connectivity index (χ4v) is 2.69. The monoisotopic (exact) mass is 328 g/mol. The Labute approximate surface area is 145 Å². The lowest BCUT2D eigenvalue weighted by molar-refractivity contribution is -0.133. The minimum Gasteiger partial charge on any atom is -0.383 e. The smallest absolute Gasteiger partial charge is 0.223 e. The number of carbonyl (C=O) groups excluding carboxylic acids is 1. The van der Waals surface area contributed by atoms with Gasteiger partial charge >= 0.3 is 0 Å². The van der Waals surface area contributed by atoms with Crippen LogP contribution in [0.15, 0.2) is 48.7 Å². The second-order valence-electron chi connectivity index (χ2n) is 6.52. The number of hydrogen-bond donors (Lipinski definition) is 0. The van der Waals surface area contributed by atoms with Gasteiger partial charge in [-0.25, -0.2) is 0 Å². The van der Waals surface area contributed by atoms with Crippen LogP contribution in [-0.4, -0.2) is 35.6 Å². The van der Waals surface area contributed by atoms with Crippen LogP contribution in [0.2, 0.25) is 0 Å². The minimum atomic E-state index is 0.189. The quantitative estimate of drug-likeness (QED) is 0.705. The lowest BCUT2D eigenvalue weighted by Gasteiger charge is -2.24. The third-order valence-corrected chi connectivity index (χ3v) is 3.97. The molecule has 0 aliphatic carbocycles. The summed E-state index contributed by atoms with van der Waals surface area (Å²) < 4.78 is 7.38. The maximum absolute atomic E-state index is 12.5. The molecule has 0 fully saturated rings. The Morgan fingerprint density at radius 2 is 1.92 bits per heavy atom. The van der Waals surface area contributed by atoms with Gasteiger partial charge in [0.25, 0.3) is 0 Å². The van der Waals surface area contributed by atoms with Crippen molar-refractivity contribution < 1.29 is 9.53 Å². The van der Waals surface area contributed by atoms with Gasteiger partial charge in [-0.3, -0.25) is 4.79 Å². The molecule has 0 spiro atoms. The van der Waals surface area contributed by atoms with Crippen molar-refractivity contribution in [3.8, 4) is 0 Å². The fourth-order valence-electron chi connectivity index (χ4n) is 2.69. The number of methoxy groups -OCH3 is 1. The summed E-state index contributed by atoms with van der Waals surface area (Å²) in [6, 6.07) is 14.5. The van der Waals surface area contributed by atoms with Crippen LogP contribution in [0.4, 0.5) is 0 Å². The van der Waals surface area contributed by atoms with E-state index >= 15 is 0 Å². The Hall–Kier alpha value is -2.07. The molecule has 0 bridgehead atoms. The number of nitrogens with zero attached hydrogens (tertiary/aromatic N) is 2. The zero-order valence-corrected chi connectivity index (χ0v) is 14.9. The minimum absolute atomic E-state index is 0.189. The van der Waals surface area contributed by atoms with E-state index in [-0.39, 0.29) is 5.91 Å². The highest BCUT2D eigenvalue weighted by Gasteiger charge is 2.16. The van der Waals surface area contributed by atoms with Crippen molar-refractivity contribution in [3.05, 3.63) is 59.9 Å². The summed E-state index contributed by atoms with van der Waals surface area (Å²) in [5.41, 5.74) is 2.40. The number of hydrogen-bond acceptors (Lipinski definition) is 2. The lowest BCUT2D eigenvalue weighted by atomic mass is 10.1. The zero-order chi connectivity index (χ0) is 17.4. The molecular formula is C20H28N2O2. The third kappa shape index (κ3) is 5.53. The molecule has 0 saturated heterocycles. The van der Waals surface area contributed by atoms with Crippen LogP contribution in [0.25, 0.3) is 0 Å². The summed E-state index contributed by atoms with van der Waals surface area (Å²) >= 11 is 0. The summed E-state index contributed by atoms with van der Waals surface area (Å²) in [5.74, 6) is 0.549. The highest BCUT2D eigenvalue weighted by molar-refractivity contribution is 5.76. The first-order valence-corrected chi connectivity index (χ1v) is 8.54. The van der Waals surface area contributed by atoms with Crippen LogP contribution in [0.3, 0.4) is 0 Å². The Bertz CT molecular complexity index is 620. The van der Waals surface area contributed by atoms with Crippen molar-refractivity contribution in [2.45, 2.75) is 33.4 Å². The SMILES string of the molecule is COCCN(Cc1cccn1Cc1ccccc1)C(=O)CC(C)C. The number of carbonyl (C=O) groups is 1. The predicted molar refractivity (Wildman–Crippen MR) is 96.7 cm³/mol. The molecule has 2 rings (SSSR count). The maximum atomic E-state index is 12.5. The van der Waals surface area contributed by atoms with Gasteiger partial charge in [0.05, 0.1) is 13.2 Å². The average Bonchev–Trinajstić information content (AvgIpc) is 2.98. The first-order chi connectivity index (χ1) is 11.6. The summed E-state index contributed by atoms with van der Waals surface area (Å²) in [6.45, 7) is 6.77. The van der Waals surface area contributed by atoms with Gasteiger partial charge in [0.2, 0.25) is 5.91 Å². The molecule has 4 heteroatoms. The second kappa shape index (κ2) is 9.28.